The van der Waals surface area contributed by atoms with Gasteiger partial charge < -0.3 is 20.1 Å². The lowest BCUT2D eigenvalue weighted by Gasteiger charge is -2.10. The maximum atomic E-state index is 5.59. The van der Waals surface area contributed by atoms with Gasteiger partial charge in [0.1, 0.15) is 0 Å². The highest BCUT2D eigenvalue weighted by atomic mass is 32.1. The van der Waals surface area contributed by atoms with Crippen LogP contribution in [0.3, 0.4) is 0 Å². The fourth-order valence-electron chi connectivity index (χ4n) is 2.08. The number of thiol groups is 1. The molecule has 1 rings (SSSR count). The highest BCUT2D eigenvalue weighted by Crippen LogP contribution is 1.98. The highest BCUT2D eigenvalue weighted by Gasteiger charge is 2.04. The minimum absolute atomic E-state index is 0.371. The molecule has 7 nitrogen and oxygen atoms in total. The summed E-state index contributed by atoms with van der Waals surface area (Å²) in [4.78, 5) is 0. The average molecular weight is 360 g/mol. The van der Waals surface area contributed by atoms with E-state index in [0.29, 0.717) is 37.7 Å². The first kappa shape index (κ1) is 21.4. The van der Waals surface area contributed by atoms with Gasteiger partial charge in [-0.15, -0.1) is 5.10 Å². The van der Waals surface area contributed by atoms with Crippen molar-refractivity contribution in [3.05, 3.63) is 11.9 Å². The van der Waals surface area contributed by atoms with Crippen LogP contribution in [0, 0.1) is 0 Å². The Bertz CT molecular complexity index is 415. The van der Waals surface area contributed by atoms with E-state index in [1.807, 2.05) is 10.9 Å². The molecule has 140 valence electrons. The van der Waals surface area contributed by atoms with E-state index in [1.54, 1.807) is 0 Å². The number of aromatic nitrogens is 3. The monoisotopic (exact) mass is 359 g/mol. The predicted molar refractivity (Wildman–Crippen MR) is 99.8 cm³/mol. The van der Waals surface area contributed by atoms with Crippen molar-refractivity contribution in [1.82, 2.24) is 25.6 Å². The van der Waals surface area contributed by atoms with Gasteiger partial charge in [0.25, 0.3) is 0 Å². The summed E-state index contributed by atoms with van der Waals surface area (Å²) in [7, 11) is 0. The lowest BCUT2D eigenvalue weighted by atomic mass is 10.3. The summed E-state index contributed by atoms with van der Waals surface area (Å²) in [6.45, 7) is 12.3. The van der Waals surface area contributed by atoms with Crippen LogP contribution in [0.5, 0.6) is 0 Å². The molecule has 0 spiro atoms. The molecule has 24 heavy (non-hydrogen) atoms. The quantitative estimate of drug-likeness (QED) is 0.317. The van der Waals surface area contributed by atoms with Gasteiger partial charge in [0.05, 0.1) is 44.9 Å². The van der Waals surface area contributed by atoms with E-state index in [9.17, 15) is 0 Å². The summed E-state index contributed by atoms with van der Waals surface area (Å²) < 4.78 is 13.0. The largest absolute Gasteiger partial charge is 0.378 e. The number of hydrogen-bond donors (Lipinski definition) is 3. The molecule has 1 atom stereocenters. The van der Waals surface area contributed by atoms with Gasteiger partial charge in [-0.1, -0.05) is 26.0 Å². The van der Waals surface area contributed by atoms with Gasteiger partial charge in [-0.3, -0.25) is 0 Å². The Morgan fingerprint density at radius 3 is 2.58 bits per heavy atom. The van der Waals surface area contributed by atoms with Gasteiger partial charge in [0, 0.05) is 37.3 Å². The molecule has 0 saturated carbocycles. The van der Waals surface area contributed by atoms with Gasteiger partial charge in [0.2, 0.25) is 0 Å². The second-order valence-corrected chi connectivity index (χ2v) is 6.97. The molecule has 0 aliphatic carbocycles. The molecule has 0 aromatic carbocycles. The zero-order valence-corrected chi connectivity index (χ0v) is 16.1. The van der Waals surface area contributed by atoms with Crippen LogP contribution >= 0.6 is 12.6 Å². The van der Waals surface area contributed by atoms with Gasteiger partial charge >= 0.3 is 0 Å². The van der Waals surface area contributed by atoms with Gasteiger partial charge in [-0.25, -0.2) is 4.68 Å². The Kier molecular flexibility index (Phi) is 12.1. The third-order valence-corrected chi connectivity index (χ3v) is 3.50. The van der Waals surface area contributed by atoms with Crippen molar-refractivity contribution in [1.29, 1.82) is 0 Å². The molecule has 0 aliphatic rings. The Labute approximate surface area is 151 Å². The molecular formula is C16H33N5O2S. The van der Waals surface area contributed by atoms with E-state index in [2.05, 4.69) is 54.3 Å². The maximum Gasteiger partial charge on any atom is 0.0725 e. The first-order chi connectivity index (χ1) is 11.6. The number of rotatable bonds is 15. The van der Waals surface area contributed by atoms with E-state index >= 15 is 0 Å². The van der Waals surface area contributed by atoms with E-state index in [4.69, 9.17) is 9.47 Å². The normalized spacial score (nSPS) is 12.9. The first-order valence-corrected chi connectivity index (χ1v) is 9.26. The van der Waals surface area contributed by atoms with Gasteiger partial charge in [-0.2, -0.15) is 12.6 Å². The molecule has 0 amide bonds. The van der Waals surface area contributed by atoms with E-state index < -0.39 is 0 Å². The second-order valence-electron chi connectivity index (χ2n) is 6.09. The maximum absolute atomic E-state index is 5.59. The molecule has 0 aliphatic heterocycles. The third-order valence-electron chi connectivity index (χ3n) is 3.31. The number of nitrogens with zero attached hydrogens (tertiary/aromatic N) is 3. The zero-order chi connectivity index (χ0) is 17.6. The Morgan fingerprint density at radius 1 is 1.12 bits per heavy atom. The molecule has 1 aromatic rings. The third kappa shape index (κ3) is 11.0. The fraction of sp³-hybridized carbons (Fsp3) is 0.875. The Hall–Kier alpha value is -0.670. The van der Waals surface area contributed by atoms with Gasteiger partial charge in [0.15, 0.2) is 0 Å². The summed E-state index contributed by atoms with van der Waals surface area (Å²) in [6, 6.07) is 0.495. The van der Waals surface area contributed by atoms with Gasteiger partial charge in [-0.05, 0) is 0 Å². The fourth-order valence-corrected chi connectivity index (χ4v) is 2.21. The highest BCUT2D eigenvalue weighted by molar-refractivity contribution is 7.80. The Morgan fingerprint density at radius 2 is 1.88 bits per heavy atom. The first-order valence-electron chi connectivity index (χ1n) is 8.74. The summed E-state index contributed by atoms with van der Waals surface area (Å²) in [5.74, 6) is 0. The van der Waals surface area contributed by atoms with Crippen molar-refractivity contribution in [3.63, 3.8) is 0 Å². The van der Waals surface area contributed by atoms with Crippen LogP contribution in [-0.4, -0.2) is 72.3 Å². The summed E-state index contributed by atoms with van der Waals surface area (Å²) in [5.41, 5.74) is 1.13. The molecule has 0 bridgehead atoms. The predicted octanol–water partition coefficient (Wildman–Crippen LogP) is 0.760. The minimum Gasteiger partial charge on any atom is -0.378 e. The van der Waals surface area contributed by atoms with Crippen LogP contribution in [0.1, 0.15) is 26.5 Å². The van der Waals surface area contributed by atoms with Crippen LogP contribution in [0.4, 0.5) is 0 Å². The number of ether oxygens (including phenoxy) is 2. The van der Waals surface area contributed by atoms with Crippen molar-refractivity contribution >= 4 is 12.6 Å². The molecule has 1 unspecified atom stereocenters. The topological polar surface area (TPSA) is 73.2 Å². The summed E-state index contributed by atoms with van der Waals surface area (Å²) >= 11 is 4.30. The molecule has 1 heterocycles. The molecule has 1 aromatic heterocycles. The molecule has 2 N–H and O–H groups in total. The van der Waals surface area contributed by atoms with Crippen LogP contribution in [-0.2, 0) is 22.4 Å². The number of nitrogens with one attached hydrogen (secondary N) is 2. The zero-order valence-electron chi connectivity index (χ0n) is 15.2. The minimum atomic E-state index is 0.371. The molecule has 0 fully saturated rings. The molecular weight excluding hydrogens is 326 g/mol. The van der Waals surface area contributed by atoms with Crippen LogP contribution in [0.2, 0.25) is 0 Å². The lowest BCUT2D eigenvalue weighted by Crippen LogP contribution is -2.26. The van der Waals surface area contributed by atoms with Crippen LogP contribution in [0.15, 0.2) is 6.20 Å². The van der Waals surface area contributed by atoms with Crippen molar-refractivity contribution < 1.29 is 9.47 Å². The Balaban J connectivity index is 1.99. The van der Waals surface area contributed by atoms with Crippen molar-refractivity contribution in [2.75, 3.05) is 46.1 Å². The molecule has 0 radical (unpaired) electrons. The average Bonchev–Trinajstić information content (AvgIpc) is 2.96. The second kappa shape index (κ2) is 13.6. The molecule has 8 heteroatoms. The summed E-state index contributed by atoms with van der Waals surface area (Å²) in [5, 5.41) is 15.1. The van der Waals surface area contributed by atoms with Crippen molar-refractivity contribution in [2.24, 2.45) is 0 Å². The standard InChI is InChI=1S/C16H33N5O2S/c1-14(2)18-5-4-16-13-19-20-21(16)7-9-23-11-10-22-8-6-17-12-15(3)24/h13-15,17-18,24H,4-12H2,1-3H3. The van der Waals surface area contributed by atoms with Crippen LogP contribution in [0.25, 0.3) is 0 Å². The molecule has 0 saturated heterocycles. The summed E-state index contributed by atoms with van der Waals surface area (Å²) in [6.07, 6.45) is 2.75. The SMILES string of the molecule is CC(S)CNCCOCCOCCn1nncc1CCNC(C)C. The number of hydrogen-bond acceptors (Lipinski definition) is 7. The van der Waals surface area contributed by atoms with E-state index in [1.165, 1.54) is 0 Å². The lowest BCUT2D eigenvalue weighted by molar-refractivity contribution is 0.0447. The van der Waals surface area contributed by atoms with Crippen molar-refractivity contribution in [2.45, 2.75) is 45.0 Å². The van der Waals surface area contributed by atoms with E-state index in [0.717, 1.165) is 38.3 Å². The smallest absolute Gasteiger partial charge is 0.0725 e. The van der Waals surface area contributed by atoms with Crippen molar-refractivity contribution in [3.8, 4) is 0 Å². The van der Waals surface area contributed by atoms with E-state index in [-0.39, 0.29) is 0 Å². The van der Waals surface area contributed by atoms with Crippen LogP contribution < -0.4 is 10.6 Å².